The predicted molar refractivity (Wildman–Crippen MR) is 83.6 cm³/mol. The molecule has 7 nitrogen and oxygen atoms in total. The van der Waals surface area contributed by atoms with E-state index in [0.717, 1.165) is 18.4 Å². The third-order valence-electron chi connectivity index (χ3n) is 3.05. The van der Waals surface area contributed by atoms with Gasteiger partial charge in [-0.1, -0.05) is 31.9 Å². The predicted octanol–water partition coefficient (Wildman–Crippen LogP) is 2.35. The third-order valence-corrected chi connectivity index (χ3v) is 3.87. The Kier molecular flexibility index (Phi) is 8.87. The normalized spacial score (nSPS) is 13.3. The van der Waals surface area contributed by atoms with Gasteiger partial charge in [0.05, 0.1) is 13.7 Å². The van der Waals surface area contributed by atoms with Gasteiger partial charge in [0.15, 0.2) is 0 Å². The van der Waals surface area contributed by atoms with Gasteiger partial charge in [-0.2, -0.15) is 0 Å². The number of hydroxylamine groups is 1. The second-order valence-electron chi connectivity index (χ2n) is 4.96. The van der Waals surface area contributed by atoms with Crippen molar-refractivity contribution in [3.8, 4) is 5.75 Å². The molecule has 1 rings (SSSR count). The number of nitrogens with one attached hydrogen (secondary N) is 1. The molecule has 0 bridgehead atoms. The van der Waals surface area contributed by atoms with E-state index in [9.17, 15) is 14.3 Å². The summed E-state index contributed by atoms with van der Waals surface area (Å²) in [4.78, 5) is 22.9. The Bertz CT molecular complexity index is 536. The van der Waals surface area contributed by atoms with Crippen LogP contribution >= 0.6 is 7.82 Å². The van der Waals surface area contributed by atoms with Crippen molar-refractivity contribution >= 4 is 13.7 Å². The fourth-order valence-electron chi connectivity index (χ4n) is 1.82. The summed E-state index contributed by atoms with van der Waals surface area (Å²) in [5.74, 6) is 0.203. The van der Waals surface area contributed by atoms with E-state index in [4.69, 9.17) is 9.26 Å². The van der Waals surface area contributed by atoms with Gasteiger partial charge in [-0.05, 0) is 30.5 Å². The topological polar surface area (TPSA) is 96.9 Å². The quantitative estimate of drug-likeness (QED) is 0.376. The third kappa shape index (κ3) is 8.71. The van der Waals surface area contributed by atoms with Crippen LogP contribution in [0.2, 0.25) is 0 Å². The minimum absolute atomic E-state index is 0.0837. The summed E-state index contributed by atoms with van der Waals surface area (Å²) in [6.45, 7) is 1.93. The first-order valence-electron chi connectivity index (χ1n) is 7.53. The number of carbonyl (C=O) groups excluding carboxylic acids is 1. The Labute approximate surface area is 136 Å². The minimum atomic E-state index is -4.55. The molecule has 1 amide bonds. The van der Waals surface area contributed by atoms with Crippen LogP contribution < -0.4 is 15.1 Å². The molecule has 0 aliphatic heterocycles. The van der Waals surface area contributed by atoms with Crippen LogP contribution in [-0.4, -0.2) is 19.6 Å². The molecule has 0 radical (unpaired) electrons. The summed E-state index contributed by atoms with van der Waals surface area (Å²) < 4.78 is 25.7. The first-order chi connectivity index (χ1) is 11.0. The largest absolute Gasteiger partial charge is 0.755 e. The first-order valence-corrected chi connectivity index (χ1v) is 8.99. The molecule has 8 heteroatoms. The molecule has 0 aliphatic carbocycles. The zero-order valence-electron chi connectivity index (χ0n) is 13.4. The summed E-state index contributed by atoms with van der Waals surface area (Å²) in [6.07, 6.45) is 3.15. The lowest BCUT2D eigenvalue weighted by Crippen LogP contribution is -2.25. The number of carbonyl (C=O) groups is 1. The fraction of sp³-hybridized carbons (Fsp3) is 0.533. The summed E-state index contributed by atoms with van der Waals surface area (Å²) in [6, 6.07) is 7.21. The Balaban J connectivity index is 2.29. The van der Waals surface area contributed by atoms with Crippen molar-refractivity contribution in [1.82, 2.24) is 5.48 Å². The van der Waals surface area contributed by atoms with E-state index in [1.54, 1.807) is 25.3 Å². The molecule has 1 aromatic carbocycles. The van der Waals surface area contributed by atoms with E-state index in [-0.39, 0.29) is 13.0 Å². The van der Waals surface area contributed by atoms with Gasteiger partial charge in [0, 0.05) is 6.42 Å². The Morgan fingerprint density at radius 3 is 2.83 bits per heavy atom. The first kappa shape index (κ1) is 19.6. The van der Waals surface area contributed by atoms with Crippen LogP contribution in [0, 0.1) is 0 Å². The van der Waals surface area contributed by atoms with E-state index in [2.05, 4.69) is 4.62 Å². The fourth-order valence-corrected chi connectivity index (χ4v) is 2.40. The summed E-state index contributed by atoms with van der Waals surface area (Å²) in [5, 5.41) is 0. The molecule has 0 fully saturated rings. The van der Waals surface area contributed by atoms with Crippen molar-refractivity contribution in [2.75, 3.05) is 13.7 Å². The lowest BCUT2D eigenvalue weighted by atomic mass is 10.1. The lowest BCUT2D eigenvalue weighted by molar-refractivity contribution is -0.231. The molecule has 0 saturated heterocycles. The van der Waals surface area contributed by atoms with E-state index in [0.29, 0.717) is 18.6 Å². The zero-order chi connectivity index (χ0) is 17.1. The molecule has 0 aliphatic rings. The van der Waals surface area contributed by atoms with Gasteiger partial charge in [0.2, 0.25) is 5.91 Å². The zero-order valence-corrected chi connectivity index (χ0v) is 14.3. The van der Waals surface area contributed by atoms with Crippen molar-refractivity contribution in [2.24, 2.45) is 0 Å². The van der Waals surface area contributed by atoms with Crippen LogP contribution in [0.3, 0.4) is 0 Å². The maximum absolute atomic E-state index is 11.5. The molecular weight excluding hydrogens is 321 g/mol. The maximum atomic E-state index is 11.5. The van der Waals surface area contributed by atoms with Crippen molar-refractivity contribution in [3.63, 3.8) is 0 Å². The minimum Gasteiger partial charge on any atom is -0.755 e. The SMILES string of the molecule is CCCCCC(=O)NOP(=O)([O-])OCCc1cccc(OC)c1. The van der Waals surface area contributed by atoms with E-state index in [1.165, 1.54) is 0 Å². The molecule has 23 heavy (non-hydrogen) atoms. The van der Waals surface area contributed by atoms with Gasteiger partial charge < -0.3 is 14.2 Å². The Morgan fingerprint density at radius 1 is 1.35 bits per heavy atom. The highest BCUT2D eigenvalue weighted by atomic mass is 31.2. The van der Waals surface area contributed by atoms with Crippen molar-refractivity contribution in [1.29, 1.82) is 0 Å². The molecule has 1 unspecified atom stereocenters. The van der Waals surface area contributed by atoms with Crippen LogP contribution in [0.1, 0.15) is 38.2 Å². The van der Waals surface area contributed by atoms with Gasteiger partial charge in [0.1, 0.15) is 5.75 Å². The Hall–Kier alpha value is -1.40. The number of unbranched alkanes of at least 4 members (excludes halogenated alkanes) is 2. The van der Waals surface area contributed by atoms with Crippen molar-refractivity contribution < 1.29 is 28.1 Å². The highest BCUT2D eigenvalue weighted by Crippen LogP contribution is 2.36. The standard InChI is InChI=1S/C15H24NO6P/c1-3-4-5-9-15(17)16-22-23(18,19)21-11-10-13-7-6-8-14(12-13)20-2/h6-8,12H,3-5,9-11H2,1-2H3,(H,16,17)(H,18,19)/p-1. The number of phosphoric acid groups is 1. The molecule has 1 N–H and O–H groups in total. The number of hydrogen-bond donors (Lipinski definition) is 1. The molecule has 0 aromatic heterocycles. The molecule has 0 saturated carbocycles. The summed E-state index contributed by atoms with van der Waals surface area (Å²) >= 11 is 0. The van der Waals surface area contributed by atoms with Gasteiger partial charge >= 0.3 is 0 Å². The van der Waals surface area contributed by atoms with Crippen LogP contribution in [0.25, 0.3) is 0 Å². The van der Waals surface area contributed by atoms with Gasteiger partial charge in [0.25, 0.3) is 7.82 Å². The van der Waals surface area contributed by atoms with Crippen molar-refractivity contribution in [3.05, 3.63) is 29.8 Å². The molecule has 1 atom stereocenters. The highest BCUT2D eigenvalue weighted by Gasteiger charge is 2.12. The second-order valence-corrected chi connectivity index (χ2v) is 6.29. The molecule has 0 heterocycles. The average molecular weight is 344 g/mol. The smallest absolute Gasteiger partial charge is 0.290 e. The molecule has 1 aromatic rings. The number of benzene rings is 1. The Morgan fingerprint density at radius 2 is 2.13 bits per heavy atom. The van der Waals surface area contributed by atoms with Crippen molar-refractivity contribution in [2.45, 2.75) is 39.0 Å². The number of amides is 1. The van der Waals surface area contributed by atoms with Crippen LogP contribution in [-0.2, 0) is 24.9 Å². The van der Waals surface area contributed by atoms with E-state index < -0.39 is 13.7 Å². The number of methoxy groups -OCH3 is 1. The second kappa shape index (κ2) is 10.4. The van der Waals surface area contributed by atoms with E-state index in [1.807, 2.05) is 18.5 Å². The molecule has 0 spiro atoms. The summed E-state index contributed by atoms with van der Waals surface area (Å²) in [5.41, 5.74) is 2.76. The molecular formula is C15H23NO6P-. The number of ether oxygens (including phenoxy) is 1. The number of phosphoric ester groups is 1. The number of rotatable bonds is 11. The number of hydrogen-bond acceptors (Lipinski definition) is 6. The maximum Gasteiger partial charge on any atom is 0.290 e. The van der Waals surface area contributed by atoms with Gasteiger partial charge in [-0.25, -0.2) is 10.1 Å². The molecule has 130 valence electrons. The van der Waals surface area contributed by atoms with Gasteiger partial charge in [-0.3, -0.25) is 9.36 Å². The average Bonchev–Trinajstić information content (AvgIpc) is 2.53. The monoisotopic (exact) mass is 344 g/mol. The lowest BCUT2D eigenvalue weighted by Gasteiger charge is -2.22. The van der Waals surface area contributed by atoms with E-state index >= 15 is 0 Å². The van der Waals surface area contributed by atoms with Crippen LogP contribution in [0.5, 0.6) is 5.75 Å². The van der Waals surface area contributed by atoms with Gasteiger partial charge in [-0.15, -0.1) is 0 Å². The highest BCUT2D eigenvalue weighted by molar-refractivity contribution is 7.45. The van der Waals surface area contributed by atoms with Crippen LogP contribution in [0.4, 0.5) is 0 Å². The summed E-state index contributed by atoms with van der Waals surface area (Å²) in [7, 11) is -3.00. The van der Waals surface area contributed by atoms with Crippen LogP contribution in [0.15, 0.2) is 24.3 Å².